The van der Waals surface area contributed by atoms with E-state index < -0.39 is 0 Å². The van der Waals surface area contributed by atoms with E-state index in [1.54, 1.807) is 7.11 Å². The lowest BCUT2D eigenvalue weighted by Gasteiger charge is -2.43. The molecule has 1 aliphatic heterocycles. The summed E-state index contributed by atoms with van der Waals surface area (Å²) in [4.78, 5) is 0. The van der Waals surface area contributed by atoms with Crippen molar-refractivity contribution in [3.8, 4) is 5.75 Å². The smallest absolute Gasteiger partial charge is 0.122 e. The van der Waals surface area contributed by atoms with Crippen molar-refractivity contribution in [3.63, 3.8) is 0 Å². The number of nitrogens with two attached hydrogens (primary N) is 1. The van der Waals surface area contributed by atoms with E-state index in [0.717, 1.165) is 38.2 Å². The predicted octanol–water partition coefficient (Wildman–Crippen LogP) is 4.48. The summed E-state index contributed by atoms with van der Waals surface area (Å²) in [7, 11) is 1.79. The molecule has 28 heavy (non-hydrogen) atoms. The maximum absolute atomic E-state index is 6.14. The van der Waals surface area contributed by atoms with Crippen LogP contribution in [0.2, 0.25) is 0 Å². The van der Waals surface area contributed by atoms with Crippen LogP contribution in [-0.4, -0.2) is 26.4 Å². The highest BCUT2D eigenvalue weighted by Crippen LogP contribution is 2.44. The van der Waals surface area contributed by atoms with E-state index in [1.807, 2.05) is 0 Å². The Bertz CT molecular complexity index is 730. The van der Waals surface area contributed by atoms with Crippen LogP contribution >= 0.6 is 0 Å². The zero-order chi connectivity index (χ0) is 20.0. The van der Waals surface area contributed by atoms with Crippen LogP contribution in [-0.2, 0) is 10.2 Å². The van der Waals surface area contributed by atoms with Gasteiger partial charge in [-0.25, -0.2) is 0 Å². The van der Waals surface area contributed by atoms with Gasteiger partial charge in [-0.15, -0.1) is 0 Å². The lowest BCUT2D eigenvalue weighted by atomic mass is 9.68. The number of rotatable bonds is 8. The van der Waals surface area contributed by atoms with Gasteiger partial charge in [0.15, 0.2) is 0 Å². The van der Waals surface area contributed by atoms with Crippen LogP contribution in [0.3, 0.4) is 0 Å². The SMILES string of the molecule is COc1ccccc1[C@]1(CC[NH2+][C@@H](C)c2ccccc2)CCO[C@@H](C(C)C)C1. The van der Waals surface area contributed by atoms with Crippen LogP contribution in [0, 0.1) is 5.92 Å². The molecule has 0 amide bonds. The number of para-hydroxylation sites is 1. The van der Waals surface area contributed by atoms with E-state index in [9.17, 15) is 0 Å². The van der Waals surface area contributed by atoms with E-state index in [1.165, 1.54) is 11.1 Å². The van der Waals surface area contributed by atoms with Gasteiger partial charge in [0.1, 0.15) is 11.8 Å². The van der Waals surface area contributed by atoms with Gasteiger partial charge in [0, 0.05) is 29.6 Å². The third-order valence-corrected chi connectivity index (χ3v) is 6.39. The molecule has 3 heteroatoms. The molecule has 0 bridgehead atoms. The second-order valence-corrected chi connectivity index (χ2v) is 8.56. The summed E-state index contributed by atoms with van der Waals surface area (Å²) < 4.78 is 11.9. The lowest BCUT2D eigenvalue weighted by molar-refractivity contribution is -0.693. The molecular formula is C25H36NO2+. The van der Waals surface area contributed by atoms with E-state index in [-0.39, 0.29) is 5.41 Å². The second-order valence-electron chi connectivity index (χ2n) is 8.56. The molecule has 1 aliphatic rings. The number of ether oxygens (including phenoxy) is 2. The highest BCUT2D eigenvalue weighted by molar-refractivity contribution is 5.40. The molecule has 2 N–H and O–H groups in total. The summed E-state index contributed by atoms with van der Waals surface area (Å²) in [6.45, 7) is 8.76. The molecule has 1 saturated heterocycles. The van der Waals surface area contributed by atoms with Crippen molar-refractivity contribution in [1.29, 1.82) is 0 Å². The quantitative estimate of drug-likeness (QED) is 0.730. The van der Waals surface area contributed by atoms with Crippen LogP contribution in [0.15, 0.2) is 54.6 Å². The molecule has 152 valence electrons. The molecule has 3 atom stereocenters. The van der Waals surface area contributed by atoms with Crippen molar-refractivity contribution >= 4 is 0 Å². The van der Waals surface area contributed by atoms with Crippen LogP contribution in [0.1, 0.15) is 57.2 Å². The first-order chi connectivity index (χ1) is 13.6. The van der Waals surface area contributed by atoms with E-state index in [2.05, 4.69) is 80.7 Å². The summed E-state index contributed by atoms with van der Waals surface area (Å²) in [5, 5.41) is 2.48. The molecule has 1 heterocycles. The highest BCUT2D eigenvalue weighted by Gasteiger charge is 2.41. The molecule has 1 fully saturated rings. The average Bonchev–Trinajstić information content (AvgIpc) is 2.74. The largest absolute Gasteiger partial charge is 0.496 e. The molecule has 2 aromatic rings. The molecule has 0 spiro atoms. The van der Waals surface area contributed by atoms with Gasteiger partial charge in [0.05, 0.1) is 19.8 Å². The van der Waals surface area contributed by atoms with Gasteiger partial charge in [-0.3, -0.25) is 0 Å². The van der Waals surface area contributed by atoms with Crippen LogP contribution in [0.4, 0.5) is 0 Å². The first-order valence-electron chi connectivity index (χ1n) is 10.7. The fourth-order valence-corrected chi connectivity index (χ4v) is 4.57. The molecule has 0 aliphatic carbocycles. The Kier molecular flexibility index (Phi) is 7.14. The number of benzene rings is 2. The molecule has 0 saturated carbocycles. The first-order valence-corrected chi connectivity index (χ1v) is 10.7. The maximum Gasteiger partial charge on any atom is 0.122 e. The molecule has 0 aromatic heterocycles. The summed E-state index contributed by atoms with van der Waals surface area (Å²) in [6.07, 6.45) is 3.57. The van der Waals surface area contributed by atoms with Gasteiger partial charge < -0.3 is 14.8 Å². The van der Waals surface area contributed by atoms with Crippen molar-refractivity contribution in [3.05, 3.63) is 65.7 Å². The zero-order valence-electron chi connectivity index (χ0n) is 17.9. The summed E-state index contributed by atoms with van der Waals surface area (Å²) in [5.74, 6) is 1.55. The normalized spacial score (nSPS) is 23.5. The summed E-state index contributed by atoms with van der Waals surface area (Å²) >= 11 is 0. The Morgan fingerprint density at radius 3 is 2.50 bits per heavy atom. The van der Waals surface area contributed by atoms with Crippen LogP contribution in [0.25, 0.3) is 0 Å². The number of hydrogen-bond acceptors (Lipinski definition) is 2. The monoisotopic (exact) mass is 382 g/mol. The minimum atomic E-state index is 0.118. The Morgan fingerprint density at radius 1 is 1.07 bits per heavy atom. The van der Waals surface area contributed by atoms with Gasteiger partial charge in [-0.1, -0.05) is 62.4 Å². The predicted molar refractivity (Wildman–Crippen MR) is 115 cm³/mol. The van der Waals surface area contributed by atoms with Crippen LogP contribution in [0.5, 0.6) is 5.75 Å². The van der Waals surface area contributed by atoms with E-state index >= 15 is 0 Å². The van der Waals surface area contributed by atoms with Gasteiger partial charge in [0.2, 0.25) is 0 Å². The van der Waals surface area contributed by atoms with Gasteiger partial charge >= 0.3 is 0 Å². The summed E-state index contributed by atoms with van der Waals surface area (Å²) in [6, 6.07) is 19.8. The Balaban J connectivity index is 1.79. The van der Waals surface area contributed by atoms with Crippen LogP contribution < -0.4 is 10.1 Å². The zero-order valence-corrected chi connectivity index (χ0v) is 17.9. The Morgan fingerprint density at radius 2 is 1.79 bits per heavy atom. The fourth-order valence-electron chi connectivity index (χ4n) is 4.57. The summed E-state index contributed by atoms with van der Waals surface area (Å²) in [5.41, 5.74) is 2.86. The number of hydrogen-bond donors (Lipinski definition) is 1. The third kappa shape index (κ3) is 4.76. The van der Waals surface area contributed by atoms with Crippen molar-refractivity contribution < 1.29 is 14.8 Å². The van der Waals surface area contributed by atoms with Crippen molar-refractivity contribution in [1.82, 2.24) is 0 Å². The lowest BCUT2D eigenvalue weighted by Crippen LogP contribution is -2.85. The molecule has 2 aromatic carbocycles. The van der Waals surface area contributed by atoms with Crippen molar-refractivity contribution in [2.75, 3.05) is 20.3 Å². The number of quaternary nitrogens is 1. The second kappa shape index (κ2) is 9.58. The van der Waals surface area contributed by atoms with Gasteiger partial charge in [0.25, 0.3) is 0 Å². The van der Waals surface area contributed by atoms with E-state index in [4.69, 9.17) is 9.47 Å². The average molecular weight is 383 g/mol. The highest BCUT2D eigenvalue weighted by atomic mass is 16.5. The minimum absolute atomic E-state index is 0.118. The first kappa shape index (κ1) is 20.9. The fraction of sp³-hybridized carbons (Fsp3) is 0.520. The number of methoxy groups -OCH3 is 1. The van der Waals surface area contributed by atoms with Gasteiger partial charge in [-0.2, -0.15) is 0 Å². The minimum Gasteiger partial charge on any atom is -0.496 e. The molecule has 0 unspecified atom stereocenters. The van der Waals surface area contributed by atoms with Gasteiger partial charge in [-0.05, 0) is 31.7 Å². The van der Waals surface area contributed by atoms with Crippen molar-refractivity contribution in [2.45, 2.75) is 57.6 Å². The third-order valence-electron chi connectivity index (χ3n) is 6.39. The Labute approximate surface area is 170 Å². The Hall–Kier alpha value is -1.84. The topological polar surface area (TPSA) is 35.1 Å². The molecule has 3 nitrogen and oxygen atoms in total. The van der Waals surface area contributed by atoms with Crippen molar-refractivity contribution in [2.24, 2.45) is 5.92 Å². The molecule has 0 radical (unpaired) electrons. The maximum atomic E-state index is 6.14. The molecule has 3 rings (SSSR count). The molecular weight excluding hydrogens is 346 g/mol. The van der Waals surface area contributed by atoms with E-state index in [0.29, 0.717) is 18.1 Å². The standard InChI is InChI=1S/C25H35NO2/c1-19(2)24-18-25(15-17-28-24,22-12-8-9-13-23(22)27-4)14-16-26-20(3)21-10-6-5-7-11-21/h5-13,19-20,24,26H,14-18H2,1-4H3/p+1/t20-,24+,25+/m0/s1.